The summed E-state index contributed by atoms with van der Waals surface area (Å²) in [6.07, 6.45) is -4.12. The second-order valence-corrected chi connectivity index (χ2v) is 4.08. The first-order valence-electron chi connectivity index (χ1n) is 4.67. The maximum Gasteiger partial charge on any atom is 0.266 e. The minimum absolute atomic E-state index is 0.182. The highest BCUT2D eigenvalue weighted by molar-refractivity contribution is 4.80. The summed E-state index contributed by atoms with van der Waals surface area (Å²) in [5.74, 6) is 0. The fourth-order valence-electron chi connectivity index (χ4n) is 1.01. The Morgan fingerprint density at radius 2 is 1.86 bits per heavy atom. The van der Waals surface area contributed by atoms with Crippen LogP contribution in [0.4, 0.5) is 8.78 Å². The molecule has 3 N–H and O–H groups in total. The molecule has 0 spiro atoms. The third kappa shape index (κ3) is 5.47. The molecule has 0 heterocycles. The first kappa shape index (κ1) is 13.7. The van der Waals surface area contributed by atoms with Crippen LogP contribution in [0, 0.1) is 0 Å². The van der Waals surface area contributed by atoms with Crippen LogP contribution in [0.5, 0.6) is 0 Å². The highest BCUT2D eigenvalue weighted by Gasteiger charge is 2.34. The van der Waals surface area contributed by atoms with Crippen LogP contribution in [0.15, 0.2) is 0 Å². The van der Waals surface area contributed by atoms with Gasteiger partial charge in [-0.05, 0) is 6.92 Å². The molecule has 3 nitrogen and oxygen atoms in total. The van der Waals surface area contributed by atoms with E-state index in [-0.39, 0.29) is 19.0 Å². The van der Waals surface area contributed by atoms with Gasteiger partial charge in [-0.3, -0.25) is 0 Å². The molecule has 0 unspecified atom stereocenters. The highest BCUT2D eigenvalue weighted by atomic mass is 19.3. The molecule has 0 aliphatic rings. The van der Waals surface area contributed by atoms with Gasteiger partial charge in [-0.1, -0.05) is 13.8 Å². The molecular weight excluding hydrogens is 192 g/mol. The summed E-state index contributed by atoms with van der Waals surface area (Å²) in [7, 11) is 0. The highest BCUT2D eigenvalue weighted by Crippen LogP contribution is 2.20. The van der Waals surface area contributed by atoms with E-state index in [2.05, 4.69) is 5.32 Å². The van der Waals surface area contributed by atoms with E-state index in [0.717, 1.165) is 6.92 Å². The summed E-state index contributed by atoms with van der Waals surface area (Å²) >= 11 is 0. The maximum atomic E-state index is 12.2. The Bertz CT molecular complexity index is 163. The number of halogens is 2. The van der Waals surface area contributed by atoms with Gasteiger partial charge in [-0.25, -0.2) is 8.78 Å². The molecule has 0 aliphatic heterocycles. The summed E-state index contributed by atoms with van der Waals surface area (Å²) in [5, 5.41) is 21.4. The topological polar surface area (TPSA) is 52.5 Å². The van der Waals surface area contributed by atoms with Crippen molar-refractivity contribution in [3.8, 4) is 0 Å². The lowest BCUT2D eigenvalue weighted by Crippen LogP contribution is -2.41. The summed E-state index contributed by atoms with van der Waals surface area (Å²) in [5.41, 5.74) is -2.11. The Kier molecular flexibility index (Phi) is 5.48. The number of aliphatic hydroxyl groups excluding tert-OH is 1. The molecular formula is C9H19F2NO2. The van der Waals surface area contributed by atoms with Gasteiger partial charge in [0.25, 0.3) is 6.43 Å². The van der Waals surface area contributed by atoms with Gasteiger partial charge in [0.2, 0.25) is 0 Å². The number of aliphatic hydroxyl groups is 2. The second kappa shape index (κ2) is 5.58. The third-order valence-corrected chi connectivity index (χ3v) is 1.88. The van der Waals surface area contributed by atoms with Crippen molar-refractivity contribution in [3.05, 3.63) is 0 Å². The van der Waals surface area contributed by atoms with E-state index in [9.17, 15) is 19.0 Å². The van der Waals surface area contributed by atoms with Crippen molar-refractivity contribution in [2.45, 2.75) is 51.4 Å². The molecule has 0 amide bonds. The van der Waals surface area contributed by atoms with Crippen molar-refractivity contribution < 1.29 is 19.0 Å². The summed E-state index contributed by atoms with van der Waals surface area (Å²) < 4.78 is 24.4. The van der Waals surface area contributed by atoms with Crippen LogP contribution < -0.4 is 5.32 Å². The van der Waals surface area contributed by atoms with Crippen molar-refractivity contribution >= 4 is 0 Å². The largest absolute Gasteiger partial charge is 0.392 e. The smallest absolute Gasteiger partial charge is 0.266 e. The molecule has 0 bridgehead atoms. The molecule has 5 heteroatoms. The van der Waals surface area contributed by atoms with Gasteiger partial charge in [0.15, 0.2) is 0 Å². The predicted molar refractivity (Wildman–Crippen MR) is 50.4 cm³/mol. The zero-order valence-electron chi connectivity index (χ0n) is 8.80. The lowest BCUT2D eigenvalue weighted by atomic mass is 9.99. The molecule has 2 atom stereocenters. The monoisotopic (exact) mass is 211 g/mol. The maximum absolute atomic E-state index is 12.2. The zero-order valence-corrected chi connectivity index (χ0v) is 8.80. The molecule has 0 aromatic heterocycles. The minimum Gasteiger partial charge on any atom is -0.392 e. The molecule has 0 aliphatic carbocycles. The SMILES string of the molecule is CC(C)NC[C@@H](O)C[C@@](C)(O)C(F)F. The Hall–Kier alpha value is -0.260. The van der Waals surface area contributed by atoms with Crippen LogP contribution in [-0.4, -0.2) is 40.9 Å². The van der Waals surface area contributed by atoms with Gasteiger partial charge < -0.3 is 15.5 Å². The van der Waals surface area contributed by atoms with Gasteiger partial charge in [-0.2, -0.15) is 0 Å². The van der Waals surface area contributed by atoms with Crippen LogP contribution >= 0.6 is 0 Å². The van der Waals surface area contributed by atoms with Crippen molar-refractivity contribution in [2.75, 3.05) is 6.54 Å². The van der Waals surface area contributed by atoms with E-state index in [1.165, 1.54) is 0 Å². The molecule has 0 rings (SSSR count). The van der Waals surface area contributed by atoms with Gasteiger partial charge in [0, 0.05) is 19.0 Å². The second-order valence-electron chi connectivity index (χ2n) is 4.08. The number of hydrogen-bond donors (Lipinski definition) is 3. The Morgan fingerprint density at radius 3 is 2.21 bits per heavy atom. The number of rotatable bonds is 6. The average molecular weight is 211 g/mol. The number of alkyl halides is 2. The van der Waals surface area contributed by atoms with Crippen LogP contribution in [0.25, 0.3) is 0 Å². The lowest BCUT2D eigenvalue weighted by molar-refractivity contribution is -0.105. The van der Waals surface area contributed by atoms with Crippen LogP contribution in [0.2, 0.25) is 0 Å². The van der Waals surface area contributed by atoms with Gasteiger partial charge >= 0.3 is 0 Å². The molecule has 0 aromatic rings. The van der Waals surface area contributed by atoms with Crippen LogP contribution in [0.3, 0.4) is 0 Å². The average Bonchev–Trinajstić information content (AvgIpc) is 1.99. The standard InChI is InChI=1S/C9H19F2NO2/c1-6(2)12-5-7(13)4-9(3,14)8(10)11/h6-8,12-14H,4-5H2,1-3H3/t7-,9+/m0/s1. The number of hydrogen-bond acceptors (Lipinski definition) is 3. The molecule has 0 saturated carbocycles. The summed E-state index contributed by atoms with van der Waals surface area (Å²) in [6.45, 7) is 5.01. The van der Waals surface area contributed by atoms with Crippen molar-refractivity contribution in [1.29, 1.82) is 0 Å². The van der Waals surface area contributed by atoms with Crippen molar-refractivity contribution in [2.24, 2.45) is 0 Å². The first-order valence-corrected chi connectivity index (χ1v) is 4.67. The van der Waals surface area contributed by atoms with Gasteiger partial charge in [-0.15, -0.1) is 0 Å². The van der Waals surface area contributed by atoms with Gasteiger partial charge in [0.1, 0.15) is 5.60 Å². The molecule has 0 radical (unpaired) electrons. The molecule has 0 saturated heterocycles. The Morgan fingerprint density at radius 1 is 1.36 bits per heavy atom. The van der Waals surface area contributed by atoms with E-state index in [1.54, 1.807) is 0 Å². The van der Waals surface area contributed by atoms with E-state index in [4.69, 9.17) is 0 Å². The third-order valence-electron chi connectivity index (χ3n) is 1.88. The van der Waals surface area contributed by atoms with Crippen LogP contribution in [-0.2, 0) is 0 Å². The summed E-state index contributed by atoms with van der Waals surface area (Å²) in [6, 6.07) is 0.182. The van der Waals surface area contributed by atoms with Crippen molar-refractivity contribution in [1.82, 2.24) is 5.32 Å². The Labute approximate surface area is 83.1 Å². The van der Waals surface area contributed by atoms with E-state index in [1.807, 2.05) is 13.8 Å². The number of nitrogens with one attached hydrogen (secondary N) is 1. The predicted octanol–water partition coefficient (Wildman–Crippen LogP) is 0.751. The fraction of sp³-hybridized carbons (Fsp3) is 1.00. The lowest BCUT2D eigenvalue weighted by Gasteiger charge is -2.25. The summed E-state index contributed by atoms with van der Waals surface area (Å²) in [4.78, 5) is 0. The molecule has 0 fully saturated rings. The quantitative estimate of drug-likeness (QED) is 0.607. The zero-order chi connectivity index (χ0) is 11.4. The fourth-order valence-corrected chi connectivity index (χ4v) is 1.01. The molecule has 86 valence electrons. The van der Waals surface area contributed by atoms with Crippen LogP contribution in [0.1, 0.15) is 27.2 Å². The normalized spacial score (nSPS) is 18.6. The van der Waals surface area contributed by atoms with Gasteiger partial charge in [0.05, 0.1) is 6.10 Å². The van der Waals surface area contributed by atoms with Crippen molar-refractivity contribution in [3.63, 3.8) is 0 Å². The molecule has 14 heavy (non-hydrogen) atoms. The first-order chi connectivity index (χ1) is 6.25. The molecule has 0 aromatic carbocycles. The minimum atomic E-state index is -2.84. The Balaban J connectivity index is 3.87. The van der Waals surface area contributed by atoms with E-state index >= 15 is 0 Å². The van der Waals surface area contributed by atoms with E-state index in [0.29, 0.717) is 0 Å². The van der Waals surface area contributed by atoms with E-state index < -0.39 is 18.1 Å².